The van der Waals surface area contributed by atoms with Crippen LogP contribution in [0.2, 0.25) is 0 Å². The number of anilines is 1. The molecule has 128 valence electrons. The number of carbonyl (C=O) groups excluding carboxylic acids is 1. The topological polar surface area (TPSA) is 53.4 Å². The van der Waals surface area contributed by atoms with E-state index in [9.17, 15) is 4.79 Å². The predicted molar refractivity (Wildman–Crippen MR) is 95.2 cm³/mol. The van der Waals surface area contributed by atoms with Gasteiger partial charge in [0.15, 0.2) is 0 Å². The quantitative estimate of drug-likeness (QED) is 0.936. The molecular formula is C18H25N5O. The molecular weight excluding hydrogens is 302 g/mol. The van der Waals surface area contributed by atoms with Gasteiger partial charge in [0.1, 0.15) is 6.04 Å². The molecule has 2 unspecified atom stereocenters. The molecule has 0 saturated carbocycles. The van der Waals surface area contributed by atoms with E-state index in [4.69, 9.17) is 0 Å². The minimum atomic E-state index is -0.0369. The zero-order valence-corrected chi connectivity index (χ0v) is 14.4. The number of benzene rings is 1. The van der Waals surface area contributed by atoms with Crippen molar-refractivity contribution in [3.8, 4) is 0 Å². The van der Waals surface area contributed by atoms with E-state index in [2.05, 4.69) is 40.3 Å². The average Bonchev–Trinajstić information content (AvgIpc) is 2.73. The molecule has 0 radical (unpaired) electrons. The van der Waals surface area contributed by atoms with Crippen molar-refractivity contribution in [1.29, 1.82) is 0 Å². The van der Waals surface area contributed by atoms with Gasteiger partial charge in [-0.25, -0.2) is 0 Å². The van der Waals surface area contributed by atoms with Gasteiger partial charge in [-0.15, -0.1) is 0 Å². The molecule has 3 atom stereocenters. The zero-order chi connectivity index (χ0) is 16.7. The number of aromatic nitrogens is 2. The molecule has 1 amide bonds. The highest BCUT2D eigenvalue weighted by Crippen LogP contribution is 2.21. The van der Waals surface area contributed by atoms with E-state index in [0.29, 0.717) is 6.04 Å². The number of nitrogens with zero attached hydrogens (tertiary/aromatic N) is 4. The van der Waals surface area contributed by atoms with Crippen LogP contribution in [0.3, 0.4) is 0 Å². The molecule has 3 aliphatic heterocycles. The number of rotatable bonds is 3. The lowest BCUT2D eigenvalue weighted by Gasteiger charge is -2.36. The van der Waals surface area contributed by atoms with Crippen LogP contribution in [0, 0.1) is 0 Å². The van der Waals surface area contributed by atoms with Crippen molar-refractivity contribution in [3.05, 3.63) is 24.4 Å². The third kappa shape index (κ3) is 2.91. The smallest absolute Gasteiger partial charge is 0.243 e. The van der Waals surface area contributed by atoms with Crippen LogP contribution in [0.25, 0.3) is 10.9 Å². The van der Waals surface area contributed by atoms with Crippen molar-refractivity contribution in [2.45, 2.75) is 32.4 Å². The molecule has 2 bridgehead atoms. The standard InChI is InChI=1S/C18H25N5O/c1-13(2)23-11-14-4-5-15(10-16(14)20-23)19-18(24)17-12-21-6-3-7-22(17)9-8-21/h4-5,10-11,13,17H,3,6-9,12H2,1-2H3,(H,19,24)/t17-/m0/s1. The summed E-state index contributed by atoms with van der Waals surface area (Å²) in [5, 5.41) is 8.79. The normalized spacial score (nSPS) is 26.7. The van der Waals surface area contributed by atoms with Crippen LogP contribution in [0.5, 0.6) is 0 Å². The number of fused-ring (bicyclic) bond motifs is 5. The summed E-state index contributed by atoms with van der Waals surface area (Å²) in [6.07, 6.45) is 3.21. The molecule has 5 rings (SSSR count). The molecule has 3 saturated heterocycles. The summed E-state index contributed by atoms with van der Waals surface area (Å²) in [7, 11) is 0. The second-order valence-electron chi connectivity index (χ2n) is 7.17. The Morgan fingerprint density at radius 3 is 2.96 bits per heavy atom. The fourth-order valence-corrected chi connectivity index (χ4v) is 3.70. The van der Waals surface area contributed by atoms with E-state index >= 15 is 0 Å². The first-order chi connectivity index (χ1) is 11.6. The van der Waals surface area contributed by atoms with Crippen LogP contribution >= 0.6 is 0 Å². The summed E-state index contributed by atoms with van der Waals surface area (Å²) in [6.45, 7) is 9.28. The second kappa shape index (κ2) is 6.18. The lowest BCUT2D eigenvalue weighted by molar-refractivity contribution is -0.122. The molecule has 3 aliphatic rings. The van der Waals surface area contributed by atoms with E-state index < -0.39 is 0 Å². The number of carbonyl (C=O) groups is 1. The highest BCUT2D eigenvalue weighted by Gasteiger charge is 2.34. The van der Waals surface area contributed by atoms with Crippen molar-refractivity contribution in [3.63, 3.8) is 0 Å². The number of piperazine rings is 1. The van der Waals surface area contributed by atoms with Gasteiger partial charge in [-0.1, -0.05) is 0 Å². The number of nitrogens with one attached hydrogen (secondary N) is 1. The van der Waals surface area contributed by atoms with Crippen LogP contribution in [0.1, 0.15) is 26.3 Å². The Kier molecular flexibility index (Phi) is 4.02. The van der Waals surface area contributed by atoms with Crippen LogP contribution in [-0.4, -0.2) is 64.3 Å². The molecule has 4 heterocycles. The monoisotopic (exact) mass is 327 g/mol. The van der Waals surface area contributed by atoms with Gasteiger partial charge in [0.2, 0.25) is 5.91 Å². The summed E-state index contributed by atoms with van der Waals surface area (Å²) >= 11 is 0. The van der Waals surface area contributed by atoms with Crippen LogP contribution < -0.4 is 5.32 Å². The Morgan fingerprint density at radius 1 is 1.25 bits per heavy atom. The summed E-state index contributed by atoms with van der Waals surface area (Å²) in [5.74, 6) is 0.101. The van der Waals surface area contributed by atoms with Gasteiger partial charge in [0, 0.05) is 49.5 Å². The van der Waals surface area contributed by atoms with E-state index in [1.54, 1.807) is 0 Å². The first-order valence-electron chi connectivity index (χ1n) is 8.86. The Bertz CT molecular complexity index is 749. The highest BCUT2D eigenvalue weighted by molar-refractivity contribution is 5.97. The Balaban J connectivity index is 1.52. The van der Waals surface area contributed by atoms with E-state index in [1.807, 2.05) is 22.9 Å². The van der Waals surface area contributed by atoms with Gasteiger partial charge < -0.3 is 5.32 Å². The molecule has 6 nitrogen and oxygen atoms in total. The molecule has 0 spiro atoms. The van der Waals surface area contributed by atoms with Gasteiger partial charge in [0.05, 0.1) is 5.52 Å². The molecule has 1 aromatic heterocycles. The van der Waals surface area contributed by atoms with Gasteiger partial charge in [-0.05, 0) is 45.0 Å². The molecule has 1 aromatic carbocycles. The maximum absolute atomic E-state index is 12.8. The van der Waals surface area contributed by atoms with E-state index in [1.165, 1.54) is 0 Å². The lowest BCUT2D eigenvalue weighted by atomic mass is 10.1. The summed E-state index contributed by atoms with van der Waals surface area (Å²) in [6, 6.07) is 6.26. The minimum absolute atomic E-state index is 0.0369. The second-order valence-corrected chi connectivity index (χ2v) is 7.17. The number of hydrogen-bond donors (Lipinski definition) is 1. The summed E-state index contributed by atoms with van der Waals surface area (Å²) in [5.41, 5.74) is 1.76. The molecule has 3 fully saturated rings. The largest absolute Gasteiger partial charge is 0.325 e. The zero-order valence-electron chi connectivity index (χ0n) is 14.4. The SMILES string of the molecule is CC(C)n1cc2ccc(NC(=O)[C@@H]3CN4CCCN3CC4)cc2n1. The molecule has 2 aromatic rings. The first-order valence-corrected chi connectivity index (χ1v) is 8.86. The number of amides is 1. The van der Waals surface area contributed by atoms with E-state index in [-0.39, 0.29) is 11.9 Å². The van der Waals surface area contributed by atoms with Crippen LogP contribution in [0.4, 0.5) is 5.69 Å². The van der Waals surface area contributed by atoms with Gasteiger partial charge in [0.25, 0.3) is 0 Å². The maximum Gasteiger partial charge on any atom is 0.243 e. The molecule has 1 N–H and O–H groups in total. The summed E-state index contributed by atoms with van der Waals surface area (Å²) < 4.78 is 1.96. The Morgan fingerprint density at radius 2 is 2.12 bits per heavy atom. The maximum atomic E-state index is 12.8. The van der Waals surface area contributed by atoms with Gasteiger partial charge >= 0.3 is 0 Å². The van der Waals surface area contributed by atoms with Gasteiger partial charge in [-0.2, -0.15) is 5.10 Å². The lowest BCUT2D eigenvalue weighted by Crippen LogP contribution is -2.55. The predicted octanol–water partition coefficient (Wildman–Crippen LogP) is 1.95. The third-order valence-electron chi connectivity index (χ3n) is 5.12. The summed E-state index contributed by atoms with van der Waals surface area (Å²) in [4.78, 5) is 17.5. The van der Waals surface area contributed by atoms with Gasteiger partial charge in [-0.3, -0.25) is 19.3 Å². The Hall–Kier alpha value is -1.92. The van der Waals surface area contributed by atoms with Crippen molar-refractivity contribution >= 4 is 22.5 Å². The van der Waals surface area contributed by atoms with Crippen molar-refractivity contribution in [2.24, 2.45) is 0 Å². The molecule has 0 aliphatic carbocycles. The van der Waals surface area contributed by atoms with Crippen molar-refractivity contribution in [1.82, 2.24) is 19.6 Å². The average molecular weight is 327 g/mol. The fourth-order valence-electron chi connectivity index (χ4n) is 3.70. The van der Waals surface area contributed by atoms with E-state index in [0.717, 1.165) is 55.7 Å². The molecule has 6 heteroatoms. The van der Waals surface area contributed by atoms with Crippen molar-refractivity contribution < 1.29 is 4.79 Å². The third-order valence-corrected chi connectivity index (χ3v) is 5.12. The first kappa shape index (κ1) is 15.6. The molecule has 24 heavy (non-hydrogen) atoms. The fraction of sp³-hybridized carbons (Fsp3) is 0.556. The van der Waals surface area contributed by atoms with Crippen LogP contribution in [-0.2, 0) is 4.79 Å². The Labute approximate surface area is 142 Å². The highest BCUT2D eigenvalue weighted by atomic mass is 16.2. The van der Waals surface area contributed by atoms with Crippen LogP contribution in [0.15, 0.2) is 24.4 Å². The number of hydrogen-bond acceptors (Lipinski definition) is 4. The van der Waals surface area contributed by atoms with Crippen molar-refractivity contribution in [2.75, 3.05) is 38.0 Å². The minimum Gasteiger partial charge on any atom is -0.325 e.